The lowest BCUT2D eigenvalue weighted by Crippen LogP contribution is -2.38. The van der Waals surface area contributed by atoms with Crippen LogP contribution in [-0.2, 0) is 20.9 Å². The van der Waals surface area contributed by atoms with Crippen molar-refractivity contribution in [3.05, 3.63) is 47.9 Å². The largest absolute Gasteiger partial charge is 0.485 e. The summed E-state index contributed by atoms with van der Waals surface area (Å²) < 4.78 is 21.3. The number of hydrogen-bond donors (Lipinski definition) is 1. The van der Waals surface area contributed by atoms with Gasteiger partial charge in [0.05, 0.1) is 6.54 Å². The fourth-order valence-electron chi connectivity index (χ4n) is 2.27. The zero-order chi connectivity index (χ0) is 18.5. The molecule has 0 fully saturated rings. The molecule has 1 aliphatic rings. The lowest BCUT2D eigenvalue weighted by Gasteiger charge is -2.24. The minimum atomic E-state index is -0.940. The molecule has 1 amide bonds. The number of furan rings is 1. The van der Waals surface area contributed by atoms with E-state index in [1.807, 2.05) is 0 Å². The quantitative estimate of drug-likeness (QED) is 0.615. The van der Waals surface area contributed by atoms with Gasteiger partial charge >= 0.3 is 5.97 Å². The van der Waals surface area contributed by atoms with Crippen molar-refractivity contribution in [2.75, 3.05) is 13.2 Å². The van der Waals surface area contributed by atoms with Crippen LogP contribution in [0.5, 0.6) is 11.5 Å². The van der Waals surface area contributed by atoms with E-state index in [1.54, 1.807) is 30.3 Å². The summed E-state index contributed by atoms with van der Waals surface area (Å²) in [5.74, 6) is 0.0670. The molecule has 0 spiro atoms. The molecule has 0 saturated carbocycles. The zero-order valence-electron chi connectivity index (χ0n) is 14.0. The Balaban J connectivity index is 1.50. The first kappa shape index (κ1) is 17.5. The summed E-state index contributed by atoms with van der Waals surface area (Å²) in [5, 5.41) is 2.56. The number of amides is 1. The number of para-hydroxylation sites is 2. The van der Waals surface area contributed by atoms with E-state index >= 15 is 0 Å². The van der Waals surface area contributed by atoms with Gasteiger partial charge in [0.15, 0.2) is 23.9 Å². The maximum absolute atomic E-state index is 12.1. The predicted octanol–water partition coefficient (Wildman–Crippen LogP) is 1.48. The highest BCUT2D eigenvalue weighted by Gasteiger charge is 2.29. The molecule has 0 radical (unpaired) electrons. The monoisotopic (exact) mass is 359 g/mol. The Kier molecular flexibility index (Phi) is 5.21. The Bertz CT molecular complexity index is 826. The molecule has 3 rings (SSSR count). The van der Waals surface area contributed by atoms with Gasteiger partial charge in [0.25, 0.3) is 0 Å². The molecule has 0 bridgehead atoms. The van der Waals surface area contributed by atoms with Crippen LogP contribution in [0.1, 0.15) is 23.2 Å². The summed E-state index contributed by atoms with van der Waals surface area (Å²) in [6.07, 6.45) is -0.940. The normalized spacial score (nSPS) is 15.2. The second kappa shape index (κ2) is 7.73. The summed E-state index contributed by atoms with van der Waals surface area (Å²) in [4.78, 5) is 35.0. The summed E-state index contributed by atoms with van der Waals surface area (Å²) in [5.41, 5.74) is 0. The van der Waals surface area contributed by atoms with Crippen LogP contribution in [0.4, 0.5) is 0 Å². The number of ketones is 1. The standard InChI is InChI=1S/C18H17NO7/c1-11(20)19-8-12-6-7-14(25-12)13(21)9-24-18(22)17-10-23-15-4-2-3-5-16(15)26-17/h2-7,17H,8-10H2,1H3,(H,19,20)/t17-/m1/s1. The lowest BCUT2D eigenvalue weighted by atomic mass is 10.2. The number of carbonyl (C=O) groups is 3. The minimum absolute atomic E-state index is 0.00561. The van der Waals surface area contributed by atoms with Crippen molar-refractivity contribution < 1.29 is 33.0 Å². The van der Waals surface area contributed by atoms with Crippen molar-refractivity contribution in [1.82, 2.24) is 5.32 Å². The highest BCUT2D eigenvalue weighted by atomic mass is 16.6. The Morgan fingerprint density at radius 2 is 1.92 bits per heavy atom. The fourth-order valence-corrected chi connectivity index (χ4v) is 2.27. The molecule has 0 unspecified atom stereocenters. The molecule has 2 heterocycles. The van der Waals surface area contributed by atoms with E-state index in [-0.39, 0.29) is 24.8 Å². The third-order valence-electron chi connectivity index (χ3n) is 3.57. The summed E-state index contributed by atoms with van der Waals surface area (Å²) >= 11 is 0. The van der Waals surface area contributed by atoms with E-state index in [0.717, 1.165) is 0 Å². The highest BCUT2D eigenvalue weighted by Crippen LogP contribution is 2.31. The van der Waals surface area contributed by atoms with E-state index in [1.165, 1.54) is 13.0 Å². The number of esters is 1. The number of rotatable bonds is 6. The van der Waals surface area contributed by atoms with Crippen molar-refractivity contribution in [3.63, 3.8) is 0 Å². The van der Waals surface area contributed by atoms with Gasteiger partial charge in [0, 0.05) is 6.92 Å². The maximum Gasteiger partial charge on any atom is 0.351 e. The molecule has 2 aromatic rings. The van der Waals surface area contributed by atoms with Gasteiger partial charge < -0.3 is 23.9 Å². The van der Waals surface area contributed by atoms with Gasteiger partial charge in [-0.1, -0.05) is 12.1 Å². The Hall–Kier alpha value is -3.29. The fraction of sp³-hybridized carbons (Fsp3) is 0.278. The van der Waals surface area contributed by atoms with Crippen molar-refractivity contribution in [3.8, 4) is 11.5 Å². The number of ether oxygens (including phenoxy) is 3. The highest BCUT2D eigenvalue weighted by molar-refractivity contribution is 5.95. The molecule has 1 aromatic carbocycles. The summed E-state index contributed by atoms with van der Waals surface area (Å²) in [6.45, 7) is 1.08. The average molecular weight is 359 g/mol. The topological polar surface area (TPSA) is 104 Å². The SMILES string of the molecule is CC(=O)NCc1ccc(C(=O)COC(=O)[C@H]2COc3ccccc3O2)o1. The molecule has 8 nitrogen and oxygen atoms in total. The van der Waals surface area contributed by atoms with Crippen LogP contribution in [0.15, 0.2) is 40.8 Å². The van der Waals surface area contributed by atoms with E-state index < -0.39 is 24.5 Å². The van der Waals surface area contributed by atoms with Crippen molar-refractivity contribution in [2.24, 2.45) is 0 Å². The Morgan fingerprint density at radius 3 is 2.69 bits per heavy atom. The summed E-state index contributed by atoms with van der Waals surface area (Å²) in [7, 11) is 0. The number of carbonyl (C=O) groups excluding carboxylic acids is 3. The van der Waals surface area contributed by atoms with Crippen LogP contribution < -0.4 is 14.8 Å². The smallest absolute Gasteiger partial charge is 0.351 e. The Labute approximate surface area is 149 Å². The minimum Gasteiger partial charge on any atom is -0.485 e. The van der Waals surface area contributed by atoms with E-state index in [2.05, 4.69) is 5.32 Å². The van der Waals surface area contributed by atoms with Gasteiger partial charge in [-0.2, -0.15) is 0 Å². The zero-order valence-corrected chi connectivity index (χ0v) is 14.0. The van der Waals surface area contributed by atoms with Gasteiger partial charge in [-0.3, -0.25) is 9.59 Å². The third-order valence-corrected chi connectivity index (χ3v) is 3.57. The van der Waals surface area contributed by atoms with Gasteiger partial charge in [-0.05, 0) is 24.3 Å². The van der Waals surface area contributed by atoms with Crippen LogP contribution in [0.25, 0.3) is 0 Å². The van der Waals surface area contributed by atoms with Gasteiger partial charge in [0.2, 0.25) is 17.8 Å². The molecule has 1 atom stereocenters. The molecular weight excluding hydrogens is 342 g/mol. The van der Waals surface area contributed by atoms with Crippen molar-refractivity contribution >= 4 is 17.7 Å². The van der Waals surface area contributed by atoms with E-state index in [0.29, 0.717) is 17.3 Å². The number of nitrogens with one attached hydrogen (secondary N) is 1. The van der Waals surface area contributed by atoms with E-state index in [4.69, 9.17) is 18.6 Å². The number of hydrogen-bond acceptors (Lipinski definition) is 7. The van der Waals surface area contributed by atoms with Gasteiger partial charge in [-0.25, -0.2) is 4.79 Å². The van der Waals surface area contributed by atoms with Crippen LogP contribution >= 0.6 is 0 Å². The molecule has 0 aliphatic carbocycles. The van der Waals surface area contributed by atoms with Crippen molar-refractivity contribution in [1.29, 1.82) is 0 Å². The van der Waals surface area contributed by atoms with Gasteiger partial charge in [0.1, 0.15) is 12.4 Å². The number of Topliss-reactive ketones (excluding diaryl/α,β-unsaturated/α-hetero) is 1. The number of fused-ring (bicyclic) bond motifs is 1. The number of benzene rings is 1. The first-order valence-electron chi connectivity index (χ1n) is 7.94. The van der Waals surface area contributed by atoms with Crippen LogP contribution in [-0.4, -0.2) is 37.0 Å². The van der Waals surface area contributed by atoms with Crippen molar-refractivity contribution in [2.45, 2.75) is 19.6 Å². The average Bonchev–Trinajstić information content (AvgIpc) is 3.13. The lowest BCUT2D eigenvalue weighted by molar-refractivity contribution is -0.153. The van der Waals surface area contributed by atoms with Crippen LogP contribution in [0.2, 0.25) is 0 Å². The summed E-state index contributed by atoms with van der Waals surface area (Å²) in [6, 6.07) is 10.00. The molecule has 1 N–H and O–H groups in total. The van der Waals surface area contributed by atoms with Gasteiger partial charge in [-0.15, -0.1) is 0 Å². The molecule has 1 aromatic heterocycles. The second-order valence-electron chi connectivity index (χ2n) is 5.57. The molecule has 0 saturated heterocycles. The predicted molar refractivity (Wildman–Crippen MR) is 87.9 cm³/mol. The van der Waals surface area contributed by atoms with E-state index in [9.17, 15) is 14.4 Å². The first-order chi connectivity index (χ1) is 12.5. The maximum atomic E-state index is 12.1. The first-order valence-corrected chi connectivity index (χ1v) is 7.94. The van der Waals surface area contributed by atoms with Crippen LogP contribution in [0, 0.1) is 0 Å². The molecule has 136 valence electrons. The molecule has 26 heavy (non-hydrogen) atoms. The third kappa shape index (κ3) is 4.21. The molecule has 1 aliphatic heterocycles. The second-order valence-corrected chi connectivity index (χ2v) is 5.57. The molecule has 8 heteroatoms. The molecular formula is C18H17NO7. The Morgan fingerprint density at radius 1 is 1.15 bits per heavy atom. The van der Waals surface area contributed by atoms with Crippen LogP contribution in [0.3, 0.4) is 0 Å².